The molecule has 0 saturated heterocycles. The Morgan fingerprint density at radius 3 is 2.58 bits per heavy atom. The average Bonchev–Trinajstić information content (AvgIpc) is 3.11. The number of ether oxygens (including phenoxy) is 2. The highest BCUT2D eigenvalue weighted by molar-refractivity contribution is 5.89. The summed E-state index contributed by atoms with van der Waals surface area (Å²) >= 11 is 0. The first-order valence-corrected chi connectivity index (χ1v) is 10.3. The quantitative estimate of drug-likeness (QED) is 0.324. The first-order valence-electron chi connectivity index (χ1n) is 10.3. The molecular formula is C25H24N4O4. The van der Waals surface area contributed by atoms with Crippen LogP contribution >= 0.6 is 0 Å². The van der Waals surface area contributed by atoms with Crippen LogP contribution in [0.2, 0.25) is 0 Å². The second-order valence-corrected chi connectivity index (χ2v) is 7.12. The van der Waals surface area contributed by atoms with Crippen LogP contribution in [0.1, 0.15) is 39.8 Å². The Labute approximate surface area is 192 Å². The highest BCUT2D eigenvalue weighted by Crippen LogP contribution is 2.20. The fraction of sp³-hybridized carbons (Fsp3) is 0.200. The fourth-order valence-corrected chi connectivity index (χ4v) is 3.31. The van der Waals surface area contributed by atoms with Gasteiger partial charge >= 0.3 is 5.97 Å². The summed E-state index contributed by atoms with van der Waals surface area (Å²) < 4.78 is 12.4. The van der Waals surface area contributed by atoms with Crippen LogP contribution in [-0.4, -0.2) is 35.9 Å². The highest BCUT2D eigenvalue weighted by atomic mass is 16.5. The summed E-state index contributed by atoms with van der Waals surface area (Å²) in [4.78, 5) is 23.9. The minimum Gasteiger partial charge on any atom is -0.482 e. The number of esters is 1. The Bertz CT molecular complexity index is 1220. The number of aromatic nitrogens is 1. The van der Waals surface area contributed by atoms with E-state index in [-0.39, 0.29) is 12.6 Å². The second kappa shape index (κ2) is 10.8. The lowest BCUT2D eigenvalue weighted by molar-refractivity contribution is -0.123. The van der Waals surface area contributed by atoms with Crippen molar-refractivity contribution in [1.82, 2.24) is 9.99 Å². The summed E-state index contributed by atoms with van der Waals surface area (Å²) in [6.45, 7) is 5.74. The van der Waals surface area contributed by atoms with E-state index in [0.717, 1.165) is 22.6 Å². The van der Waals surface area contributed by atoms with Gasteiger partial charge in [0.15, 0.2) is 6.61 Å². The number of hydrazone groups is 1. The molecule has 1 aromatic heterocycles. The molecule has 0 aliphatic heterocycles. The molecule has 0 saturated carbocycles. The van der Waals surface area contributed by atoms with Crippen molar-refractivity contribution in [2.24, 2.45) is 5.10 Å². The fourth-order valence-electron chi connectivity index (χ4n) is 3.31. The summed E-state index contributed by atoms with van der Waals surface area (Å²) in [6, 6.07) is 17.8. The van der Waals surface area contributed by atoms with Crippen LogP contribution in [0.4, 0.5) is 0 Å². The SMILES string of the molecule is CCOC(=O)c1ccc(-n2c(C)cc(C=NNC(=O)COc3ccccc3C#N)c2C)cc1. The predicted octanol–water partition coefficient (Wildman–Crippen LogP) is 3.67. The Balaban J connectivity index is 1.64. The number of nitrogens with one attached hydrogen (secondary N) is 1. The Morgan fingerprint density at radius 2 is 1.88 bits per heavy atom. The van der Waals surface area contributed by atoms with Gasteiger partial charge in [-0.25, -0.2) is 10.2 Å². The van der Waals surface area contributed by atoms with Crippen LogP contribution in [0.25, 0.3) is 5.69 Å². The van der Waals surface area contributed by atoms with Gasteiger partial charge in [-0.05, 0) is 63.2 Å². The maximum atomic E-state index is 12.0. The van der Waals surface area contributed by atoms with E-state index in [2.05, 4.69) is 10.5 Å². The molecule has 33 heavy (non-hydrogen) atoms. The van der Waals surface area contributed by atoms with Crippen LogP contribution in [0, 0.1) is 25.2 Å². The van der Waals surface area contributed by atoms with Gasteiger partial charge in [0.2, 0.25) is 0 Å². The summed E-state index contributed by atoms with van der Waals surface area (Å²) in [5, 5.41) is 13.1. The van der Waals surface area contributed by atoms with Gasteiger partial charge < -0.3 is 14.0 Å². The molecule has 0 aliphatic carbocycles. The van der Waals surface area contributed by atoms with E-state index in [1.54, 1.807) is 49.5 Å². The lowest BCUT2D eigenvalue weighted by Crippen LogP contribution is -2.24. The Morgan fingerprint density at radius 1 is 1.15 bits per heavy atom. The number of nitriles is 1. The zero-order valence-corrected chi connectivity index (χ0v) is 18.7. The minimum absolute atomic E-state index is 0.262. The van der Waals surface area contributed by atoms with Crippen LogP contribution in [-0.2, 0) is 9.53 Å². The predicted molar refractivity (Wildman–Crippen MR) is 124 cm³/mol. The summed E-state index contributed by atoms with van der Waals surface area (Å²) in [6.07, 6.45) is 1.56. The number of hydrogen-bond donors (Lipinski definition) is 1. The highest BCUT2D eigenvalue weighted by Gasteiger charge is 2.12. The third-order valence-corrected chi connectivity index (χ3v) is 4.87. The van der Waals surface area contributed by atoms with E-state index in [1.807, 2.05) is 42.7 Å². The average molecular weight is 444 g/mol. The lowest BCUT2D eigenvalue weighted by Gasteiger charge is -2.10. The molecule has 0 fully saturated rings. The van der Waals surface area contributed by atoms with Gasteiger partial charge in [0.05, 0.1) is 23.9 Å². The molecule has 0 spiro atoms. The van der Waals surface area contributed by atoms with Crippen molar-refractivity contribution in [3.8, 4) is 17.5 Å². The number of rotatable bonds is 8. The molecule has 1 N–H and O–H groups in total. The molecule has 3 aromatic rings. The molecule has 1 heterocycles. The number of nitrogens with zero attached hydrogens (tertiary/aromatic N) is 3. The molecule has 2 aromatic carbocycles. The van der Waals surface area contributed by atoms with Crippen molar-refractivity contribution < 1.29 is 19.1 Å². The van der Waals surface area contributed by atoms with Gasteiger partial charge in [0.1, 0.15) is 11.8 Å². The van der Waals surface area contributed by atoms with Gasteiger partial charge in [-0.1, -0.05) is 12.1 Å². The third kappa shape index (κ3) is 5.66. The molecule has 168 valence electrons. The molecule has 0 radical (unpaired) electrons. The van der Waals surface area contributed by atoms with E-state index in [4.69, 9.17) is 14.7 Å². The molecule has 0 unspecified atom stereocenters. The van der Waals surface area contributed by atoms with Crippen LogP contribution in [0.3, 0.4) is 0 Å². The van der Waals surface area contributed by atoms with E-state index in [9.17, 15) is 9.59 Å². The number of carbonyl (C=O) groups excluding carboxylic acids is 2. The molecule has 8 heteroatoms. The van der Waals surface area contributed by atoms with Crippen LogP contribution in [0.15, 0.2) is 59.7 Å². The van der Waals surface area contributed by atoms with Crippen LogP contribution < -0.4 is 10.2 Å². The van der Waals surface area contributed by atoms with Crippen molar-refractivity contribution in [2.45, 2.75) is 20.8 Å². The maximum absolute atomic E-state index is 12.0. The summed E-state index contributed by atoms with van der Waals surface area (Å²) in [7, 11) is 0. The number of carbonyl (C=O) groups is 2. The van der Waals surface area contributed by atoms with Gasteiger partial charge in [0, 0.05) is 22.6 Å². The van der Waals surface area contributed by atoms with Crippen molar-refractivity contribution in [3.05, 3.63) is 82.7 Å². The van der Waals surface area contributed by atoms with Gasteiger partial charge in [-0.3, -0.25) is 4.79 Å². The number of para-hydroxylation sites is 1. The van der Waals surface area contributed by atoms with E-state index < -0.39 is 5.91 Å². The first kappa shape index (κ1) is 23.3. The van der Waals surface area contributed by atoms with E-state index >= 15 is 0 Å². The van der Waals surface area contributed by atoms with Crippen LogP contribution in [0.5, 0.6) is 5.75 Å². The number of hydrogen-bond acceptors (Lipinski definition) is 6. The van der Waals surface area contributed by atoms with Crippen molar-refractivity contribution >= 4 is 18.1 Å². The summed E-state index contributed by atoms with van der Waals surface area (Å²) in [5.74, 6) is -0.451. The monoisotopic (exact) mass is 444 g/mol. The molecule has 0 atom stereocenters. The molecular weight excluding hydrogens is 420 g/mol. The zero-order valence-electron chi connectivity index (χ0n) is 18.7. The minimum atomic E-state index is -0.442. The first-order chi connectivity index (χ1) is 15.9. The number of aryl methyl sites for hydroxylation is 1. The van der Waals surface area contributed by atoms with E-state index in [0.29, 0.717) is 23.5 Å². The van der Waals surface area contributed by atoms with Crippen molar-refractivity contribution in [2.75, 3.05) is 13.2 Å². The molecule has 8 nitrogen and oxygen atoms in total. The largest absolute Gasteiger partial charge is 0.482 e. The second-order valence-electron chi connectivity index (χ2n) is 7.12. The zero-order chi connectivity index (χ0) is 23.8. The Kier molecular flexibility index (Phi) is 7.60. The molecule has 0 aliphatic rings. The van der Waals surface area contributed by atoms with Gasteiger partial charge in [-0.2, -0.15) is 10.4 Å². The van der Waals surface area contributed by atoms with Gasteiger partial charge in [-0.15, -0.1) is 0 Å². The van der Waals surface area contributed by atoms with Crippen molar-refractivity contribution in [3.63, 3.8) is 0 Å². The molecule has 0 bridgehead atoms. The van der Waals surface area contributed by atoms with E-state index in [1.165, 1.54) is 0 Å². The summed E-state index contributed by atoms with van der Waals surface area (Å²) in [5.41, 5.74) is 6.90. The molecule has 1 amide bonds. The third-order valence-electron chi connectivity index (χ3n) is 4.87. The van der Waals surface area contributed by atoms with Crippen molar-refractivity contribution in [1.29, 1.82) is 5.26 Å². The van der Waals surface area contributed by atoms with Gasteiger partial charge in [0.25, 0.3) is 5.91 Å². The lowest BCUT2D eigenvalue weighted by atomic mass is 10.2. The molecule has 3 rings (SSSR count). The topological polar surface area (TPSA) is 106 Å². The normalized spacial score (nSPS) is 10.6. The number of amides is 1. The standard InChI is InChI=1S/C25H24N4O4/c1-4-32-25(31)19-9-11-22(12-10-19)29-17(2)13-21(18(29)3)15-27-28-24(30)16-33-23-8-6-5-7-20(23)14-26/h5-13,15H,4,16H2,1-3H3,(H,28,30). The maximum Gasteiger partial charge on any atom is 0.338 e. The number of benzene rings is 2. The Hall–Kier alpha value is -4.38. The smallest absolute Gasteiger partial charge is 0.338 e.